The molecular weight excluding hydrogens is 370 g/mol. The predicted octanol–water partition coefficient (Wildman–Crippen LogP) is 3.38. The topological polar surface area (TPSA) is 82.5 Å². The first kappa shape index (κ1) is 19.9. The van der Waals surface area contributed by atoms with E-state index >= 15 is 0 Å². The summed E-state index contributed by atoms with van der Waals surface area (Å²) in [6.45, 7) is 0.378. The molecule has 1 aromatic heterocycles. The summed E-state index contributed by atoms with van der Waals surface area (Å²) in [5, 5.41) is 7.00. The average Bonchev–Trinajstić information content (AvgIpc) is 3.19. The van der Waals surface area contributed by atoms with Crippen molar-refractivity contribution >= 4 is 23.6 Å². The standard InChI is InChI=1S/C22H21N3O4/c1-28-19-10-7-16(8-11-19)9-12-21(26)24-18-13-23-25(15-18)14-17-5-3-4-6-20(17)22(27)29-2/h3-13,15H,14H2,1-2H3,(H,24,26)/b12-9+. The van der Waals surface area contributed by atoms with Crippen molar-refractivity contribution in [3.05, 3.63) is 83.7 Å². The maximum absolute atomic E-state index is 12.1. The Kier molecular flexibility index (Phi) is 6.42. The molecular formula is C22H21N3O4. The molecule has 7 heteroatoms. The highest BCUT2D eigenvalue weighted by molar-refractivity contribution is 6.01. The molecule has 148 valence electrons. The Morgan fingerprint density at radius 1 is 1.10 bits per heavy atom. The molecule has 29 heavy (non-hydrogen) atoms. The molecule has 0 aliphatic rings. The largest absolute Gasteiger partial charge is 0.497 e. The van der Waals surface area contributed by atoms with Gasteiger partial charge in [-0.25, -0.2) is 4.79 Å². The van der Waals surface area contributed by atoms with Crippen LogP contribution in [0.5, 0.6) is 5.75 Å². The smallest absolute Gasteiger partial charge is 0.338 e. The molecule has 0 saturated heterocycles. The molecule has 3 aromatic rings. The highest BCUT2D eigenvalue weighted by Crippen LogP contribution is 2.14. The summed E-state index contributed by atoms with van der Waals surface area (Å²) < 4.78 is 11.6. The molecule has 1 heterocycles. The van der Waals surface area contributed by atoms with Crippen LogP contribution in [-0.4, -0.2) is 35.9 Å². The van der Waals surface area contributed by atoms with Crippen molar-refractivity contribution in [2.45, 2.75) is 6.54 Å². The summed E-state index contributed by atoms with van der Waals surface area (Å²) in [7, 11) is 2.95. The molecule has 0 aliphatic heterocycles. The number of ether oxygens (including phenoxy) is 2. The molecule has 0 unspecified atom stereocenters. The Bertz CT molecular complexity index is 1020. The van der Waals surface area contributed by atoms with Crippen LogP contribution in [0.25, 0.3) is 6.08 Å². The van der Waals surface area contributed by atoms with Gasteiger partial charge >= 0.3 is 5.97 Å². The van der Waals surface area contributed by atoms with Gasteiger partial charge in [0.05, 0.1) is 38.2 Å². The third-order valence-corrected chi connectivity index (χ3v) is 4.20. The molecule has 1 N–H and O–H groups in total. The van der Waals surface area contributed by atoms with Crippen LogP contribution in [0.3, 0.4) is 0 Å². The lowest BCUT2D eigenvalue weighted by Crippen LogP contribution is -2.09. The highest BCUT2D eigenvalue weighted by Gasteiger charge is 2.12. The van der Waals surface area contributed by atoms with E-state index in [0.29, 0.717) is 17.8 Å². The van der Waals surface area contributed by atoms with Crippen LogP contribution in [0.4, 0.5) is 5.69 Å². The number of amides is 1. The normalized spacial score (nSPS) is 10.7. The minimum absolute atomic E-state index is 0.268. The van der Waals surface area contributed by atoms with Gasteiger partial charge in [0, 0.05) is 12.3 Å². The van der Waals surface area contributed by atoms with E-state index in [9.17, 15) is 9.59 Å². The van der Waals surface area contributed by atoms with E-state index in [0.717, 1.165) is 16.9 Å². The van der Waals surface area contributed by atoms with E-state index in [2.05, 4.69) is 10.4 Å². The van der Waals surface area contributed by atoms with Crippen LogP contribution in [-0.2, 0) is 16.1 Å². The second-order valence-corrected chi connectivity index (χ2v) is 6.17. The van der Waals surface area contributed by atoms with Gasteiger partial charge in [-0.05, 0) is 35.4 Å². The van der Waals surface area contributed by atoms with Gasteiger partial charge in [0.1, 0.15) is 5.75 Å². The summed E-state index contributed by atoms with van der Waals surface area (Å²) in [6.07, 6.45) is 6.42. The van der Waals surface area contributed by atoms with Gasteiger partial charge in [-0.15, -0.1) is 0 Å². The fraction of sp³-hybridized carbons (Fsp3) is 0.136. The van der Waals surface area contributed by atoms with Crippen molar-refractivity contribution in [2.75, 3.05) is 19.5 Å². The van der Waals surface area contributed by atoms with Gasteiger partial charge in [0.25, 0.3) is 0 Å². The van der Waals surface area contributed by atoms with Crippen molar-refractivity contribution in [3.63, 3.8) is 0 Å². The summed E-state index contributed by atoms with van der Waals surface area (Å²) in [5.41, 5.74) is 2.71. The van der Waals surface area contributed by atoms with Crippen molar-refractivity contribution in [1.29, 1.82) is 0 Å². The lowest BCUT2D eigenvalue weighted by Gasteiger charge is -2.07. The molecule has 1 amide bonds. The van der Waals surface area contributed by atoms with Gasteiger partial charge in [0.2, 0.25) is 5.91 Å². The number of nitrogens with zero attached hydrogens (tertiary/aromatic N) is 2. The van der Waals surface area contributed by atoms with E-state index in [4.69, 9.17) is 9.47 Å². The van der Waals surface area contributed by atoms with Crippen LogP contribution in [0.1, 0.15) is 21.5 Å². The van der Waals surface area contributed by atoms with Gasteiger partial charge < -0.3 is 14.8 Å². The Hall–Kier alpha value is -3.87. The zero-order valence-corrected chi connectivity index (χ0v) is 16.2. The van der Waals surface area contributed by atoms with E-state index in [1.54, 1.807) is 42.4 Å². The predicted molar refractivity (Wildman–Crippen MR) is 110 cm³/mol. The molecule has 0 atom stereocenters. The van der Waals surface area contributed by atoms with Crippen molar-refractivity contribution in [2.24, 2.45) is 0 Å². The Labute approximate surface area is 168 Å². The number of anilines is 1. The minimum atomic E-state index is -0.398. The summed E-state index contributed by atoms with van der Waals surface area (Å²) in [6, 6.07) is 14.5. The number of nitrogens with one attached hydrogen (secondary N) is 1. The second-order valence-electron chi connectivity index (χ2n) is 6.17. The first-order valence-electron chi connectivity index (χ1n) is 8.91. The molecule has 0 bridgehead atoms. The monoisotopic (exact) mass is 391 g/mol. The quantitative estimate of drug-likeness (QED) is 0.493. The third kappa shape index (κ3) is 5.32. The number of hydrogen-bond acceptors (Lipinski definition) is 5. The number of benzene rings is 2. The molecule has 0 spiro atoms. The maximum Gasteiger partial charge on any atom is 0.338 e. The van der Waals surface area contributed by atoms with Crippen molar-refractivity contribution < 1.29 is 19.1 Å². The van der Waals surface area contributed by atoms with Crippen LogP contribution in [0.2, 0.25) is 0 Å². The number of hydrogen-bond donors (Lipinski definition) is 1. The maximum atomic E-state index is 12.1. The Balaban J connectivity index is 1.62. The first-order chi connectivity index (χ1) is 14.1. The van der Waals surface area contributed by atoms with E-state index < -0.39 is 5.97 Å². The molecule has 0 radical (unpaired) electrons. The second kappa shape index (κ2) is 9.36. The molecule has 0 saturated carbocycles. The summed E-state index contributed by atoms with van der Waals surface area (Å²) in [5.74, 6) is 0.0908. The molecule has 0 fully saturated rings. The van der Waals surface area contributed by atoms with E-state index in [-0.39, 0.29) is 5.91 Å². The van der Waals surface area contributed by atoms with E-state index in [1.807, 2.05) is 36.4 Å². The Morgan fingerprint density at radius 3 is 2.59 bits per heavy atom. The average molecular weight is 391 g/mol. The number of aromatic nitrogens is 2. The summed E-state index contributed by atoms with van der Waals surface area (Å²) in [4.78, 5) is 24.0. The number of esters is 1. The van der Waals surface area contributed by atoms with Gasteiger partial charge in [-0.1, -0.05) is 30.3 Å². The van der Waals surface area contributed by atoms with Gasteiger partial charge in [0.15, 0.2) is 0 Å². The molecule has 2 aromatic carbocycles. The Morgan fingerprint density at radius 2 is 1.86 bits per heavy atom. The molecule has 0 aliphatic carbocycles. The lowest BCUT2D eigenvalue weighted by atomic mass is 10.1. The van der Waals surface area contributed by atoms with Crippen LogP contribution < -0.4 is 10.1 Å². The highest BCUT2D eigenvalue weighted by atomic mass is 16.5. The van der Waals surface area contributed by atoms with Crippen LogP contribution in [0.15, 0.2) is 67.0 Å². The molecule has 7 nitrogen and oxygen atoms in total. The van der Waals surface area contributed by atoms with Crippen molar-refractivity contribution in [1.82, 2.24) is 9.78 Å². The fourth-order valence-electron chi connectivity index (χ4n) is 2.73. The van der Waals surface area contributed by atoms with E-state index in [1.165, 1.54) is 13.2 Å². The third-order valence-electron chi connectivity index (χ3n) is 4.20. The van der Waals surface area contributed by atoms with Crippen molar-refractivity contribution in [3.8, 4) is 5.75 Å². The SMILES string of the molecule is COC(=O)c1ccccc1Cn1cc(NC(=O)/C=C/c2ccc(OC)cc2)cn1. The van der Waals surface area contributed by atoms with Crippen LogP contribution >= 0.6 is 0 Å². The number of methoxy groups -OCH3 is 2. The van der Waals surface area contributed by atoms with Gasteiger partial charge in [-0.2, -0.15) is 5.10 Å². The zero-order valence-electron chi connectivity index (χ0n) is 16.2. The number of carbonyl (C=O) groups is 2. The van der Waals surface area contributed by atoms with Crippen LogP contribution in [0, 0.1) is 0 Å². The van der Waals surface area contributed by atoms with Gasteiger partial charge in [-0.3, -0.25) is 9.48 Å². The zero-order chi connectivity index (χ0) is 20.6. The number of rotatable bonds is 7. The minimum Gasteiger partial charge on any atom is -0.497 e. The molecule has 3 rings (SSSR count). The fourth-order valence-corrected chi connectivity index (χ4v) is 2.73. The first-order valence-corrected chi connectivity index (χ1v) is 8.91. The number of carbonyl (C=O) groups excluding carboxylic acids is 2. The summed E-state index contributed by atoms with van der Waals surface area (Å²) >= 11 is 0. The lowest BCUT2D eigenvalue weighted by molar-refractivity contribution is -0.111.